The Bertz CT molecular complexity index is 459. The van der Waals surface area contributed by atoms with Crippen LogP contribution < -0.4 is 5.32 Å². The van der Waals surface area contributed by atoms with E-state index in [9.17, 15) is 8.78 Å². The van der Waals surface area contributed by atoms with Gasteiger partial charge in [-0.25, -0.2) is 8.78 Å². The lowest BCUT2D eigenvalue weighted by molar-refractivity contribution is 0.236. The first kappa shape index (κ1) is 16.4. The second-order valence-electron chi connectivity index (χ2n) is 7.00. The molecule has 0 aliphatic heterocycles. The molecule has 1 aliphatic rings. The lowest BCUT2D eigenvalue weighted by Gasteiger charge is -2.36. The highest BCUT2D eigenvalue weighted by molar-refractivity contribution is 5.24. The molecule has 0 radical (unpaired) electrons. The molecular formula is C18H27F2N. The van der Waals surface area contributed by atoms with Gasteiger partial charge in [0.05, 0.1) is 0 Å². The number of benzene rings is 1. The third kappa shape index (κ3) is 4.50. The van der Waals surface area contributed by atoms with E-state index in [1.54, 1.807) is 6.07 Å². The van der Waals surface area contributed by atoms with Crippen LogP contribution in [-0.2, 0) is 0 Å². The van der Waals surface area contributed by atoms with Crippen LogP contribution in [0.4, 0.5) is 8.78 Å². The Hall–Kier alpha value is -0.960. The van der Waals surface area contributed by atoms with E-state index in [0.717, 1.165) is 32.0 Å². The molecule has 0 spiro atoms. The monoisotopic (exact) mass is 295 g/mol. The third-order valence-corrected chi connectivity index (χ3v) is 4.58. The average molecular weight is 295 g/mol. The first-order valence-electron chi connectivity index (χ1n) is 8.13. The SMILES string of the molecule is CC(C)CNCC1CCC(C)CC1c1ccc(F)cc1F. The van der Waals surface area contributed by atoms with Crippen molar-refractivity contribution in [1.29, 1.82) is 0 Å². The molecule has 1 aromatic carbocycles. The lowest BCUT2D eigenvalue weighted by Crippen LogP contribution is -2.33. The molecule has 118 valence electrons. The molecule has 2 rings (SSSR count). The summed E-state index contributed by atoms with van der Waals surface area (Å²) < 4.78 is 27.3. The van der Waals surface area contributed by atoms with Crippen molar-refractivity contribution < 1.29 is 8.78 Å². The van der Waals surface area contributed by atoms with Crippen LogP contribution >= 0.6 is 0 Å². The molecule has 1 fully saturated rings. The summed E-state index contributed by atoms with van der Waals surface area (Å²) >= 11 is 0. The first-order chi connectivity index (χ1) is 9.97. The van der Waals surface area contributed by atoms with Gasteiger partial charge >= 0.3 is 0 Å². The molecule has 3 unspecified atom stereocenters. The van der Waals surface area contributed by atoms with Crippen LogP contribution in [0, 0.1) is 29.4 Å². The second-order valence-corrected chi connectivity index (χ2v) is 7.00. The lowest BCUT2D eigenvalue weighted by atomic mass is 9.71. The number of nitrogens with one attached hydrogen (secondary N) is 1. The zero-order valence-corrected chi connectivity index (χ0v) is 13.3. The molecule has 0 heterocycles. The molecule has 0 bridgehead atoms. The van der Waals surface area contributed by atoms with Gasteiger partial charge in [0.15, 0.2) is 0 Å². The highest BCUT2D eigenvalue weighted by Crippen LogP contribution is 2.41. The average Bonchev–Trinajstić information content (AvgIpc) is 2.40. The number of hydrogen-bond donors (Lipinski definition) is 1. The fourth-order valence-electron chi connectivity index (χ4n) is 3.43. The largest absolute Gasteiger partial charge is 0.316 e. The van der Waals surface area contributed by atoms with Crippen molar-refractivity contribution >= 4 is 0 Å². The minimum absolute atomic E-state index is 0.203. The van der Waals surface area contributed by atoms with Crippen LogP contribution in [0.25, 0.3) is 0 Å². The Balaban J connectivity index is 2.10. The van der Waals surface area contributed by atoms with Crippen LogP contribution in [0.2, 0.25) is 0 Å². The molecule has 1 aliphatic carbocycles. The smallest absolute Gasteiger partial charge is 0.129 e. The minimum Gasteiger partial charge on any atom is -0.316 e. The van der Waals surface area contributed by atoms with E-state index in [1.165, 1.54) is 12.5 Å². The number of rotatable bonds is 5. The number of hydrogen-bond acceptors (Lipinski definition) is 1. The second kappa shape index (κ2) is 7.35. The molecule has 1 saturated carbocycles. The summed E-state index contributed by atoms with van der Waals surface area (Å²) in [6.07, 6.45) is 3.32. The Labute approximate surface area is 127 Å². The zero-order valence-electron chi connectivity index (χ0n) is 13.3. The molecule has 0 amide bonds. The standard InChI is InChI=1S/C18H27F2N/c1-12(2)10-21-11-14-5-4-13(3)8-17(14)16-7-6-15(19)9-18(16)20/h6-7,9,12-14,17,21H,4-5,8,10-11H2,1-3H3. The van der Waals surface area contributed by atoms with Crippen molar-refractivity contribution in [2.24, 2.45) is 17.8 Å². The van der Waals surface area contributed by atoms with Gasteiger partial charge in [0.2, 0.25) is 0 Å². The van der Waals surface area contributed by atoms with Gasteiger partial charge in [-0.1, -0.05) is 33.3 Å². The summed E-state index contributed by atoms with van der Waals surface area (Å²) in [5.74, 6) is 1.00. The molecule has 0 aromatic heterocycles. The van der Waals surface area contributed by atoms with Crippen molar-refractivity contribution in [3.8, 4) is 0 Å². The predicted octanol–water partition coefficient (Wildman–Crippen LogP) is 4.73. The van der Waals surface area contributed by atoms with Crippen LogP contribution in [0.5, 0.6) is 0 Å². The van der Waals surface area contributed by atoms with Crippen molar-refractivity contribution in [1.82, 2.24) is 5.32 Å². The summed E-state index contributed by atoms with van der Waals surface area (Å²) in [6.45, 7) is 8.52. The summed E-state index contributed by atoms with van der Waals surface area (Å²) in [7, 11) is 0. The van der Waals surface area contributed by atoms with Gasteiger partial charge in [-0.15, -0.1) is 0 Å². The Morgan fingerprint density at radius 1 is 1.24 bits per heavy atom. The third-order valence-electron chi connectivity index (χ3n) is 4.58. The van der Waals surface area contributed by atoms with Crippen molar-refractivity contribution in [3.63, 3.8) is 0 Å². The molecule has 0 saturated heterocycles. The summed E-state index contributed by atoms with van der Waals surface area (Å²) in [5.41, 5.74) is 0.694. The summed E-state index contributed by atoms with van der Waals surface area (Å²) in [5, 5.41) is 3.50. The van der Waals surface area contributed by atoms with Crippen molar-refractivity contribution in [2.75, 3.05) is 13.1 Å². The fourth-order valence-corrected chi connectivity index (χ4v) is 3.43. The molecule has 1 N–H and O–H groups in total. The van der Waals surface area contributed by atoms with Gasteiger partial charge in [-0.3, -0.25) is 0 Å². The predicted molar refractivity (Wildman–Crippen MR) is 83.3 cm³/mol. The molecule has 1 nitrogen and oxygen atoms in total. The van der Waals surface area contributed by atoms with E-state index >= 15 is 0 Å². The minimum atomic E-state index is -0.491. The van der Waals surface area contributed by atoms with E-state index in [2.05, 4.69) is 26.1 Å². The maximum absolute atomic E-state index is 14.1. The highest BCUT2D eigenvalue weighted by atomic mass is 19.1. The van der Waals surface area contributed by atoms with Gasteiger partial charge in [0, 0.05) is 6.07 Å². The van der Waals surface area contributed by atoms with E-state index in [-0.39, 0.29) is 11.7 Å². The van der Waals surface area contributed by atoms with Gasteiger partial charge in [-0.05, 0) is 61.2 Å². The molecule has 1 aromatic rings. The van der Waals surface area contributed by atoms with E-state index in [4.69, 9.17) is 0 Å². The number of halogens is 2. The molecule has 21 heavy (non-hydrogen) atoms. The van der Waals surface area contributed by atoms with Gasteiger partial charge in [0.25, 0.3) is 0 Å². The first-order valence-corrected chi connectivity index (χ1v) is 8.13. The van der Waals surface area contributed by atoms with Gasteiger partial charge < -0.3 is 5.32 Å². The summed E-state index contributed by atoms with van der Waals surface area (Å²) in [4.78, 5) is 0. The van der Waals surface area contributed by atoms with E-state index < -0.39 is 5.82 Å². The quantitative estimate of drug-likeness (QED) is 0.828. The highest BCUT2D eigenvalue weighted by Gasteiger charge is 2.31. The topological polar surface area (TPSA) is 12.0 Å². The Morgan fingerprint density at radius 3 is 2.67 bits per heavy atom. The van der Waals surface area contributed by atoms with Gasteiger partial charge in [-0.2, -0.15) is 0 Å². The van der Waals surface area contributed by atoms with Crippen molar-refractivity contribution in [3.05, 3.63) is 35.4 Å². The summed E-state index contributed by atoms with van der Waals surface area (Å²) in [6, 6.07) is 4.05. The molecule has 3 atom stereocenters. The maximum Gasteiger partial charge on any atom is 0.129 e. The van der Waals surface area contributed by atoms with Crippen LogP contribution in [0.15, 0.2) is 18.2 Å². The normalized spacial score (nSPS) is 26.3. The Kier molecular flexibility index (Phi) is 5.74. The van der Waals surface area contributed by atoms with Crippen LogP contribution in [0.1, 0.15) is 51.5 Å². The maximum atomic E-state index is 14.1. The molecular weight excluding hydrogens is 268 g/mol. The van der Waals surface area contributed by atoms with Crippen LogP contribution in [0.3, 0.4) is 0 Å². The van der Waals surface area contributed by atoms with Crippen LogP contribution in [-0.4, -0.2) is 13.1 Å². The van der Waals surface area contributed by atoms with E-state index in [0.29, 0.717) is 23.3 Å². The van der Waals surface area contributed by atoms with Crippen molar-refractivity contribution in [2.45, 2.75) is 46.0 Å². The van der Waals surface area contributed by atoms with Gasteiger partial charge in [0.1, 0.15) is 11.6 Å². The molecule has 3 heteroatoms. The Morgan fingerprint density at radius 2 is 2.00 bits per heavy atom. The van der Waals surface area contributed by atoms with E-state index in [1.807, 2.05) is 0 Å². The fraction of sp³-hybridized carbons (Fsp3) is 0.667. The zero-order chi connectivity index (χ0) is 15.4.